The number of hydrogen-bond acceptors (Lipinski definition) is 3. The lowest BCUT2D eigenvalue weighted by Crippen LogP contribution is -2.54. The highest BCUT2D eigenvalue weighted by Crippen LogP contribution is 2.76. The van der Waals surface area contributed by atoms with Crippen LogP contribution < -0.4 is 0 Å². The third kappa shape index (κ3) is 6.06. The van der Waals surface area contributed by atoms with Crippen LogP contribution in [0, 0.1) is 28.6 Å². The Labute approximate surface area is 257 Å². The highest BCUT2D eigenvalue weighted by Gasteiger charge is 2.73. The summed E-state index contributed by atoms with van der Waals surface area (Å²) in [6, 6.07) is 5.84. The lowest BCUT2D eigenvalue weighted by molar-refractivity contribution is -0.348. The molecule has 5 unspecified atom stereocenters. The predicted molar refractivity (Wildman–Crippen MR) is 155 cm³/mol. The van der Waals surface area contributed by atoms with Gasteiger partial charge in [0.2, 0.25) is 0 Å². The van der Waals surface area contributed by atoms with Crippen LogP contribution >= 0.6 is 0 Å². The number of unbranched alkanes of at least 4 members (excludes halogenated alkanes) is 6. The summed E-state index contributed by atoms with van der Waals surface area (Å²) >= 11 is 0. The fraction of sp³-hybridized carbons (Fsp3) is 0.818. The highest BCUT2D eigenvalue weighted by atomic mass is 32.2. The van der Waals surface area contributed by atoms with Crippen molar-refractivity contribution in [2.45, 2.75) is 127 Å². The monoisotopic (exact) mass is 654 g/mol. The third-order valence-corrected chi connectivity index (χ3v) is 13.3. The first kappa shape index (κ1) is 34.0. The molecule has 1 aromatic rings. The Bertz CT molecular complexity index is 1200. The van der Waals surface area contributed by atoms with Crippen LogP contribution in [0.4, 0.5) is 30.7 Å². The van der Waals surface area contributed by atoms with Gasteiger partial charge in [0.25, 0.3) is 0 Å². The van der Waals surface area contributed by atoms with E-state index in [0.717, 1.165) is 77.0 Å². The summed E-state index contributed by atoms with van der Waals surface area (Å²) in [5, 5.41) is 21.3. The minimum atomic E-state index is -6.40. The van der Waals surface area contributed by atoms with Crippen LogP contribution in [0.5, 0.6) is 5.75 Å². The minimum Gasteiger partial charge on any atom is -0.508 e. The molecule has 1 spiro atoms. The van der Waals surface area contributed by atoms with Crippen molar-refractivity contribution in [3.63, 3.8) is 0 Å². The Balaban J connectivity index is 1.07. The van der Waals surface area contributed by atoms with Gasteiger partial charge in [-0.25, -0.2) is 0 Å². The SMILES string of the molecule is C[C@]12CCC3c4ccc(O)cc4CC(CCCCCCCCCS(=O)CC(F)(F)C(F)(F)C(F)(F)F)C3C1C[C@@H](O)C21CC1. The first-order valence-corrected chi connectivity index (χ1v) is 17.7. The Hall–Kier alpha value is -1.36. The molecular formula is C33H45F7O3S. The first-order chi connectivity index (χ1) is 20.5. The summed E-state index contributed by atoms with van der Waals surface area (Å²) in [6.45, 7) is 2.43. The number of aromatic hydroxyl groups is 1. The molecule has 250 valence electrons. The van der Waals surface area contributed by atoms with E-state index in [1.807, 2.05) is 6.07 Å². The molecule has 0 radical (unpaired) electrons. The molecular weight excluding hydrogens is 609 g/mol. The van der Waals surface area contributed by atoms with Crippen molar-refractivity contribution in [1.82, 2.24) is 0 Å². The standard InChI is InChI=1S/C33H45F7O3S/c1-29-13-12-25-24-11-10-23(41)18-22(24)17-21(28(25)26(29)19-27(42)30(29)14-15-30)9-7-5-3-2-4-6-8-16-44(43)20-31(34,35)32(36,37)33(38,39)40/h10-11,18,21,25-28,41-42H,2-9,12-17,19-20H2,1H3/t21?,25?,26?,27-,28?,29+,44?/m1/s1. The van der Waals surface area contributed by atoms with Crippen LogP contribution in [-0.2, 0) is 17.2 Å². The molecule has 4 aliphatic rings. The van der Waals surface area contributed by atoms with Crippen LogP contribution in [0.1, 0.15) is 107 Å². The van der Waals surface area contributed by atoms with Gasteiger partial charge >= 0.3 is 18.0 Å². The molecule has 1 aromatic carbocycles. The molecule has 0 heterocycles. The molecule has 3 saturated carbocycles. The van der Waals surface area contributed by atoms with Crippen molar-refractivity contribution in [2.75, 3.05) is 11.5 Å². The molecule has 4 aliphatic carbocycles. The van der Waals surface area contributed by atoms with E-state index in [2.05, 4.69) is 13.0 Å². The highest BCUT2D eigenvalue weighted by molar-refractivity contribution is 7.85. The van der Waals surface area contributed by atoms with Crippen molar-refractivity contribution in [3.8, 4) is 5.75 Å². The van der Waals surface area contributed by atoms with Gasteiger partial charge in [-0.2, -0.15) is 30.7 Å². The van der Waals surface area contributed by atoms with Crippen molar-refractivity contribution in [3.05, 3.63) is 29.3 Å². The fourth-order valence-electron chi connectivity index (χ4n) is 9.45. The molecule has 3 fully saturated rings. The van der Waals surface area contributed by atoms with Gasteiger partial charge in [-0.3, -0.25) is 4.21 Å². The molecule has 0 bridgehead atoms. The van der Waals surface area contributed by atoms with Crippen molar-refractivity contribution < 1.29 is 45.2 Å². The number of aliphatic hydroxyl groups is 1. The Morgan fingerprint density at radius 3 is 2.20 bits per heavy atom. The molecule has 5 rings (SSSR count). The largest absolute Gasteiger partial charge is 0.508 e. The van der Waals surface area contributed by atoms with E-state index in [4.69, 9.17) is 0 Å². The third-order valence-electron chi connectivity index (χ3n) is 11.9. The van der Waals surface area contributed by atoms with Gasteiger partial charge in [0, 0.05) is 22.0 Å². The van der Waals surface area contributed by atoms with Crippen molar-refractivity contribution >= 4 is 10.8 Å². The minimum absolute atomic E-state index is 0.101. The van der Waals surface area contributed by atoms with Crippen LogP contribution in [0.15, 0.2) is 18.2 Å². The summed E-state index contributed by atoms with van der Waals surface area (Å²) in [4.78, 5) is 0. The van der Waals surface area contributed by atoms with E-state index in [9.17, 15) is 45.2 Å². The molecule has 11 heteroatoms. The van der Waals surface area contributed by atoms with Crippen molar-refractivity contribution in [1.29, 1.82) is 0 Å². The van der Waals surface area contributed by atoms with Gasteiger partial charge < -0.3 is 10.2 Å². The zero-order chi connectivity index (χ0) is 32.1. The van der Waals surface area contributed by atoms with Gasteiger partial charge in [-0.1, -0.05) is 51.5 Å². The van der Waals surface area contributed by atoms with Crippen LogP contribution in [0.25, 0.3) is 0 Å². The van der Waals surface area contributed by atoms with Gasteiger partial charge in [-0.15, -0.1) is 0 Å². The average molecular weight is 655 g/mol. The van der Waals surface area contributed by atoms with E-state index in [1.165, 1.54) is 11.1 Å². The molecule has 0 aliphatic heterocycles. The van der Waals surface area contributed by atoms with Gasteiger partial charge in [0.1, 0.15) is 5.75 Å². The number of halogens is 7. The summed E-state index contributed by atoms with van der Waals surface area (Å²) in [7, 11) is -2.47. The molecule has 2 N–H and O–H groups in total. The number of aliphatic hydroxyl groups excluding tert-OH is 1. The van der Waals surface area contributed by atoms with Crippen LogP contribution in [-0.4, -0.2) is 50.1 Å². The van der Waals surface area contributed by atoms with E-state index < -0.39 is 34.6 Å². The molecule has 44 heavy (non-hydrogen) atoms. The number of rotatable bonds is 13. The van der Waals surface area contributed by atoms with Gasteiger partial charge in [0.05, 0.1) is 11.9 Å². The molecule has 0 saturated heterocycles. The molecule has 0 amide bonds. The van der Waals surface area contributed by atoms with E-state index in [-0.39, 0.29) is 29.1 Å². The average Bonchev–Trinajstić information content (AvgIpc) is 3.71. The number of fused-ring (bicyclic) bond motifs is 6. The van der Waals surface area contributed by atoms with E-state index >= 15 is 0 Å². The summed E-state index contributed by atoms with van der Waals surface area (Å²) in [5.41, 5.74) is 2.90. The van der Waals surface area contributed by atoms with Gasteiger partial charge in [0.15, 0.2) is 0 Å². The van der Waals surface area contributed by atoms with Crippen LogP contribution in [0.2, 0.25) is 0 Å². The summed E-state index contributed by atoms with van der Waals surface area (Å²) in [6.07, 6.45) is 6.20. The maximum atomic E-state index is 13.5. The molecule has 7 atom stereocenters. The van der Waals surface area contributed by atoms with Gasteiger partial charge in [-0.05, 0) is 104 Å². The normalized spacial score (nSPS) is 31.8. The quantitative estimate of drug-likeness (QED) is 0.165. The zero-order valence-electron chi connectivity index (χ0n) is 25.3. The first-order valence-electron chi connectivity index (χ1n) is 16.2. The Morgan fingerprint density at radius 2 is 1.57 bits per heavy atom. The van der Waals surface area contributed by atoms with Crippen LogP contribution in [0.3, 0.4) is 0 Å². The lowest BCUT2D eigenvalue weighted by atomic mass is 9.50. The number of phenols is 1. The maximum absolute atomic E-state index is 13.5. The van der Waals surface area contributed by atoms with E-state index in [0.29, 0.717) is 35.8 Å². The summed E-state index contributed by atoms with van der Waals surface area (Å²) in [5.74, 6) is -11.7. The molecule has 0 aromatic heterocycles. The maximum Gasteiger partial charge on any atom is 0.459 e. The second-order valence-corrected chi connectivity index (χ2v) is 15.9. The summed E-state index contributed by atoms with van der Waals surface area (Å²) < 4.78 is 102. The number of hydrogen-bond donors (Lipinski definition) is 2. The topological polar surface area (TPSA) is 57.5 Å². The smallest absolute Gasteiger partial charge is 0.459 e. The Morgan fingerprint density at radius 1 is 0.932 bits per heavy atom. The number of benzene rings is 1. The predicted octanol–water partition coefficient (Wildman–Crippen LogP) is 8.93. The second kappa shape index (κ2) is 12.3. The molecule has 3 nitrogen and oxygen atoms in total. The van der Waals surface area contributed by atoms with E-state index in [1.54, 1.807) is 6.07 Å². The fourth-order valence-corrected chi connectivity index (χ4v) is 10.7. The van der Waals surface area contributed by atoms with Crippen molar-refractivity contribution in [2.24, 2.45) is 28.6 Å². The zero-order valence-corrected chi connectivity index (χ0v) is 26.1. The number of alkyl halides is 7. The number of phenolic OH excluding ortho intramolecular Hbond substituents is 1. The second-order valence-electron chi connectivity index (χ2n) is 14.3. The Kier molecular flexibility index (Phi) is 9.54. The lowest BCUT2D eigenvalue weighted by Gasteiger charge is -2.54.